The number of aromatic nitrogens is 3. The minimum Gasteiger partial charge on any atom is -0.343 e. The first-order chi connectivity index (χ1) is 7.90. The molecule has 0 fully saturated rings. The molecule has 0 aromatic carbocycles. The van der Waals surface area contributed by atoms with Crippen molar-refractivity contribution in [3.05, 3.63) is 36.8 Å². The molecule has 0 radical (unpaired) electrons. The highest BCUT2D eigenvalue weighted by atomic mass is 15.1. The van der Waals surface area contributed by atoms with Gasteiger partial charge in [0.15, 0.2) is 0 Å². The average Bonchev–Trinajstić information content (AvgIpc) is 2.38. The number of nitrogens with one attached hydrogen (secondary N) is 1. The second-order valence-corrected chi connectivity index (χ2v) is 3.06. The van der Waals surface area contributed by atoms with Gasteiger partial charge in [-0.3, -0.25) is 4.98 Å². The molecule has 0 saturated carbocycles. The van der Waals surface area contributed by atoms with E-state index in [1.807, 2.05) is 18.2 Å². The van der Waals surface area contributed by atoms with E-state index < -0.39 is 0 Å². The van der Waals surface area contributed by atoms with E-state index in [1.54, 1.807) is 18.6 Å². The molecular weight excluding hydrogens is 200 g/mol. The van der Waals surface area contributed by atoms with Crippen LogP contribution in [0.3, 0.4) is 0 Å². The van der Waals surface area contributed by atoms with Crippen LogP contribution in [-0.2, 0) is 0 Å². The fourth-order valence-electron chi connectivity index (χ4n) is 1.25. The van der Waals surface area contributed by atoms with Crippen molar-refractivity contribution in [2.45, 2.75) is 0 Å². The first-order valence-electron chi connectivity index (χ1n) is 4.81. The highest BCUT2D eigenvalue weighted by Gasteiger charge is 2.00. The smallest absolute Gasteiger partial charge is 0.223 e. The van der Waals surface area contributed by atoms with Crippen molar-refractivity contribution in [1.82, 2.24) is 15.0 Å². The molecule has 16 heavy (non-hydrogen) atoms. The van der Waals surface area contributed by atoms with Crippen molar-refractivity contribution < 1.29 is 0 Å². The molecule has 2 aromatic heterocycles. The zero-order valence-corrected chi connectivity index (χ0v) is 8.59. The van der Waals surface area contributed by atoms with Crippen LogP contribution < -0.4 is 5.32 Å². The molecule has 78 valence electrons. The zero-order valence-electron chi connectivity index (χ0n) is 8.59. The van der Waals surface area contributed by atoms with Crippen molar-refractivity contribution >= 4 is 5.95 Å². The Kier molecular flexibility index (Phi) is 3.10. The quantitative estimate of drug-likeness (QED) is 0.781. The van der Waals surface area contributed by atoms with Gasteiger partial charge >= 0.3 is 0 Å². The number of terminal acetylenes is 1. The van der Waals surface area contributed by atoms with Crippen LogP contribution >= 0.6 is 0 Å². The molecule has 0 saturated heterocycles. The maximum Gasteiger partial charge on any atom is 0.223 e. The van der Waals surface area contributed by atoms with Gasteiger partial charge < -0.3 is 5.32 Å². The Morgan fingerprint density at radius 1 is 1.31 bits per heavy atom. The van der Waals surface area contributed by atoms with Crippen molar-refractivity contribution in [2.24, 2.45) is 0 Å². The van der Waals surface area contributed by atoms with E-state index >= 15 is 0 Å². The predicted octanol–water partition coefficient (Wildman–Crippen LogP) is 1.58. The first kappa shape index (κ1) is 10.1. The molecule has 0 amide bonds. The summed E-state index contributed by atoms with van der Waals surface area (Å²) in [6.45, 7) is 0.413. The lowest BCUT2D eigenvalue weighted by Gasteiger charge is -2.03. The van der Waals surface area contributed by atoms with Crippen LogP contribution in [0.15, 0.2) is 36.8 Å². The third kappa shape index (κ3) is 2.34. The van der Waals surface area contributed by atoms with Crippen LogP contribution in [0, 0.1) is 12.3 Å². The third-order valence-electron chi connectivity index (χ3n) is 1.96. The molecular formula is C12H10N4. The average molecular weight is 210 g/mol. The summed E-state index contributed by atoms with van der Waals surface area (Å²) in [6.07, 6.45) is 10.3. The van der Waals surface area contributed by atoms with Crippen LogP contribution in [-0.4, -0.2) is 21.5 Å². The van der Waals surface area contributed by atoms with Crippen LogP contribution in [0.4, 0.5) is 5.95 Å². The van der Waals surface area contributed by atoms with Crippen molar-refractivity contribution in [1.29, 1.82) is 0 Å². The predicted molar refractivity (Wildman–Crippen MR) is 62.6 cm³/mol. The number of pyridine rings is 1. The van der Waals surface area contributed by atoms with E-state index in [2.05, 4.69) is 26.2 Å². The number of hydrogen-bond acceptors (Lipinski definition) is 4. The maximum atomic E-state index is 5.15. The second-order valence-electron chi connectivity index (χ2n) is 3.06. The van der Waals surface area contributed by atoms with Crippen molar-refractivity contribution in [3.63, 3.8) is 0 Å². The highest BCUT2D eigenvalue weighted by Crippen LogP contribution is 2.15. The summed E-state index contributed by atoms with van der Waals surface area (Å²) in [5, 5.41) is 2.93. The molecule has 4 nitrogen and oxygen atoms in total. The Labute approximate surface area is 93.8 Å². The fraction of sp³-hybridized carbons (Fsp3) is 0.0833. The SMILES string of the molecule is C#CCNc1nccc(-c2cccnc2)n1. The Bertz CT molecular complexity index is 502. The van der Waals surface area contributed by atoms with Gasteiger partial charge in [0, 0.05) is 24.2 Å². The Hall–Kier alpha value is -2.41. The monoisotopic (exact) mass is 210 g/mol. The Morgan fingerprint density at radius 3 is 3.00 bits per heavy atom. The summed E-state index contributed by atoms with van der Waals surface area (Å²) in [5.74, 6) is 3.00. The van der Waals surface area contributed by atoms with Gasteiger partial charge in [0.1, 0.15) is 0 Å². The van der Waals surface area contributed by atoms with Gasteiger partial charge in [-0.15, -0.1) is 6.42 Å². The summed E-state index contributed by atoms with van der Waals surface area (Å²) < 4.78 is 0. The summed E-state index contributed by atoms with van der Waals surface area (Å²) in [4.78, 5) is 12.4. The zero-order chi connectivity index (χ0) is 11.2. The molecule has 2 rings (SSSR count). The van der Waals surface area contributed by atoms with Gasteiger partial charge in [0.2, 0.25) is 5.95 Å². The van der Waals surface area contributed by atoms with E-state index in [-0.39, 0.29) is 0 Å². The molecule has 4 heteroatoms. The summed E-state index contributed by atoms with van der Waals surface area (Å²) in [7, 11) is 0. The number of hydrogen-bond donors (Lipinski definition) is 1. The summed E-state index contributed by atoms with van der Waals surface area (Å²) in [5.41, 5.74) is 1.77. The molecule has 0 spiro atoms. The fourth-order valence-corrected chi connectivity index (χ4v) is 1.25. The summed E-state index contributed by atoms with van der Waals surface area (Å²) in [6, 6.07) is 5.64. The van der Waals surface area contributed by atoms with Gasteiger partial charge in [-0.1, -0.05) is 5.92 Å². The molecule has 0 aliphatic heterocycles. The third-order valence-corrected chi connectivity index (χ3v) is 1.96. The highest BCUT2D eigenvalue weighted by molar-refractivity contribution is 5.58. The Morgan fingerprint density at radius 2 is 2.25 bits per heavy atom. The first-order valence-corrected chi connectivity index (χ1v) is 4.81. The van der Waals surface area contributed by atoms with Gasteiger partial charge in [-0.2, -0.15) is 0 Å². The van der Waals surface area contributed by atoms with Crippen LogP contribution in [0.5, 0.6) is 0 Å². The lowest BCUT2D eigenvalue weighted by molar-refractivity contribution is 1.13. The lowest BCUT2D eigenvalue weighted by Crippen LogP contribution is -2.03. The molecule has 2 aromatic rings. The van der Waals surface area contributed by atoms with E-state index in [1.165, 1.54) is 0 Å². The topological polar surface area (TPSA) is 50.7 Å². The molecule has 0 aliphatic rings. The minimum atomic E-state index is 0.413. The minimum absolute atomic E-state index is 0.413. The van der Waals surface area contributed by atoms with Gasteiger partial charge in [0.05, 0.1) is 12.2 Å². The second kappa shape index (κ2) is 4.89. The molecule has 0 unspecified atom stereocenters. The van der Waals surface area contributed by atoms with Crippen LogP contribution in [0.1, 0.15) is 0 Å². The molecule has 1 N–H and O–H groups in total. The Balaban J connectivity index is 2.26. The lowest BCUT2D eigenvalue weighted by atomic mass is 10.2. The normalized spacial score (nSPS) is 9.44. The molecule has 0 atom stereocenters. The maximum absolute atomic E-state index is 5.15. The van der Waals surface area contributed by atoms with Gasteiger partial charge in [-0.05, 0) is 18.2 Å². The molecule has 0 aliphatic carbocycles. The van der Waals surface area contributed by atoms with Gasteiger partial charge in [-0.25, -0.2) is 9.97 Å². The van der Waals surface area contributed by atoms with E-state index in [0.717, 1.165) is 11.3 Å². The standard InChI is InChI=1S/C12H10N4/c1-2-6-14-12-15-8-5-11(16-12)10-4-3-7-13-9-10/h1,3-5,7-9H,6H2,(H,14,15,16). The van der Waals surface area contributed by atoms with E-state index in [4.69, 9.17) is 6.42 Å². The number of rotatable bonds is 3. The van der Waals surface area contributed by atoms with Crippen molar-refractivity contribution in [2.75, 3.05) is 11.9 Å². The number of nitrogens with zero attached hydrogens (tertiary/aromatic N) is 3. The molecule has 0 bridgehead atoms. The molecule has 2 heterocycles. The van der Waals surface area contributed by atoms with E-state index in [9.17, 15) is 0 Å². The van der Waals surface area contributed by atoms with E-state index in [0.29, 0.717) is 12.5 Å². The van der Waals surface area contributed by atoms with Crippen LogP contribution in [0.25, 0.3) is 11.3 Å². The largest absolute Gasteiger partial charge is 0.343 e. The van der Waals surface area contributed by atoms with Crippen LogP contribution in [0.2, 0.25) is 0 Å². The number of anilines is 1. The van der Waals surface area contributed by atoms with Crippen molar-refractivity contribution in [3.8, 4) is 23.6 Å². The van der Waals surface area contributed by atoms with Gasteiger partial charge in [0.25, 0.3) is 0 Å². The summed E-state index contributed by atoms with van der Waals surface area (Å²) >= 11 is 0.